The Morgan fingerprint density at radius 3 is 2.12 bits per heavy atom. The molecule has 0 saturated heterocycles. The number of rotatable bonds is 5. The molecule has 0 aliphatic rings. The Hall–Kier alpha value is -3.35. The average Bonchev–Trinajstić information content (AvgIpc) is 2.64. The van der Waals surface area contributed by atoms with Gasteiger partial charge in [0.25, 0.3) is 11.8 Å². The van der Waals surface area contributed by atoms with Gasteiger partial charge in [-0.3, -0.25) is 20.4 Å². The molecule has 7 heteroatoms. The highest BCUT2D eigenvalue weighted by atomic mass is 16.5. The van der Waals surface area contributed by atoms with E-state index in [-0.39, 0.29) is 0 Å². The summed E-state index contributed by atoms with van der Waals surface area (Å²) < 4.78 is 4.91. The minimum atomic E-state index is -0.637. The van der Waals surface area contributed by atoms with E-state index in [1.807, 2.05) is 19.0 Å². The molecule has 0 spiro atoms. The summed E-state index contributed by atoms with van der Waals surface area (Å²) in [5.41, 5.74) is 6.12. The van der Waals surface area contributed by atoms with Crippen LogP contribution in [0.4, 0.5) is 5.69 Å². The molecule has 2 amide bonds. The van der Waals surface area contributed by atoms with E-state index < -0.39 is 24.4 Å². The van der Waals surface area contributed by atoms with E-state index in [9.17, 15) is 14.4 Å². The predicted molar refractivity (Wildman–Crippen MR) is 93.1 cm³/mol. The lowest BCUT2D eigenvalue weighted by Crippen LogP contribution is -2.43. The van der Waals surface area contributed by atoms with Crippen molar-refractivity contribution in [1.82, 2.24) is 10.9 Å². The molecule has 25 heavy (non-hydrogen) atoms. The number of amides is 2. The molecule has 2 rings (SSSR count). The van der Waals surface area contributed by atoms with E-state index in [4.69, 9.17) is 4.74 Å². The Morgan fingerprint density at radius 1 is 0.880 bits per heavy atom. The third-order valence-electron chi connectivity index (χ3n) is 3.31. The molecule has 130 valence electrons. The number of carbonyl (C=O) groups is 3. The van der Waals surface area contributed by atoms with Gasteiger partial charge in [-0.2, -0.15) is 0 Å². The highest BCUT2D eigenvalue weighted by Crippen LogP contribution is 2.12. The lowest BCUT2D eigenvalue weighted by molar-refractivity contribution is -0.125. The number of ether oxygens (including phenoxy) is 1. The molecule has 0 unspecified atom stereocenters. The smallest absolute Gasteiger partial charge is 0.338 e. The van der Waals surface area contributed by atoms with Crippen molar-refractivity contribution in [3.8, 4) is 0 Å². The van der Waals surface area contributed by atoms with Crippen molar-refractivity contribution in [1.29, 1.82) is 0 Å². The first-order valence-corrected chi connectivity index (χ1v) is 7.56. The summed E-state index contributed by atoms with van der Waals surface area (Å²) in [6, 6.07) is 15.2. The first kappa shape index (κ1) is 18.0. The molecule has 2 N–H and O–H groups in total. The zero-order chi connectivity index (χ0) is 18.2. The van der Waals surface area contributed by atoms with Gasteiger partial charge in [-0.15, -0.1) is 0 Å². The van der Waals surface area contributed by atoms with E-state index in [0.29, 0.717) is 11.1 Å². The number of nitrogens with one attached hydrogen (secondary N) is 2. The molecule has 0 atom stereocenters. The number of hydrogen-bond donors (Lipinski definition) is 2. The van der Waals surface area contributed by atoms with Gasteiger partial charge in [0.05, 0.1) is 5.56 Å². The minimum absolute atomic E-state index is 0.340. The van der Waals surface area contributed by atoms with Crippen molar-refractivity contribution in [3.05, 3.63) is 65.7 Å². The molecule has 0 heterocycles. The SMILES string of the molecule is CN(C)c1ccc(C(=O)OCC(=O)NNC(=O)c2ccccc2)cc1. The maximum absolute atomic E-state index is 11.9. The van der Waals surface area contributed by atoms with Crippen molar-refractivity contribution in [2.45, 2.75) is 0 Å². The summed E-state index contributed by atoms with van der Waals surface area (Å²) in [7, 11) is 3.78. The van der Waals surface area contributed by atoms with Crippen LogP contribution in [-0.4, -0.2) is 38.5 Å². The molecule has 0 aliphatic carbocycles. The van der Waals surface area contributed by atoms with Gasteiger partial charge in [-0.05, 0) is 36.4 Å². The molecular formula is C18H19N3O4. The molecule has 0 fully saturated rings. The van der Waals surface area contributed by atoms with Crippen molar-refractivity contribution in [3.63, 3.8) is 0 Å². The number of anilines is 1. The van der Waals surface area contributed by atoms with E-state index in [1.165, 1.54) is 0 Å². The fraction of sp³-hybridized carbons (Fsp3) is 0.167. The monoisotopic (exact) mass is 341 g/mol. The maximum atomic E-state index is 11.9. The predicted octanol–water partition coefficient (Wildman–Crippen LogP) is 1.37. The second kappa shape index (κ2) is 8.49. The van der Waals surface area contributed by atoms with Crippen LogP contribution in [0.2, 0.25) is 0 Å². The highest BCUT2D eigenvalue weighted by Gasteiger charge is 2.11. The molecular weight excluding hydrogens is 322 g/mol. The lowest BCUT2D eigenvalue weighted by atomic mass is 10.2. The van der Waals surface area contributed by atoms with E-state index >= 15 is 0 Å². The molecule has 0 aliphatic heterocycles. The first-order valence-electron chi connectivity index (χ1n) is 7.56. The zero-order valence-electron chi connectivity index (χ0n) is 14.0. The van der Waals surface area contributed by atoms with Gasteiger partial charge in [-0.25, -0.2) is 4.79 Å². The second-order valence-corrected chi connectivity index (χ2v) is 5.39. The van der Waals surface area contributed by atoms with Gasteiger partial charge in [0, 0.05) is 25.3 Å². The molecule has 7 nitrogen and oxygen atoms in total. The summed E-state index contributed by atoms with van der Waals surface area (Å²) in [6.45, 7) is -0.497. The summed E-state index contributed by atoms with van der Waals surface area (Å²) >= 11 is 0. The molecule has 2 aromatic rings. The third kappa shape index (κ3) is 5.35. The van der Waals surface area contributed by atoms with Crippen LogP contribution in [0.1, 0.15) is 20.7 Å². The van der Waals surface area contributed by atoms with Gasteiger partial charge < -0.3 is 9.64 Å². The Balaban J connectivity index is 1.77. The van der Waals surface area contributed by atoms with Gasteiger partial charge in [-0.1, -0.05) is 18.2 Å². The topological polar surface area (TPSA) is 87.7 Å². The molecule has 0 bridgehead atoms. The Morgan fingerprint density at radius 2 is 1.52 bits per heavy atom. The van der Waals surface area contributed by atoms with Crippen LogP contribution < -0.4 is 15.8 Å². The van der Waals surface area contributed by atoms with E-state index in [0.717, 1.165) is 5.69 Å². The normalized spacial score (nSPS) is 9.84. The average molecular weight is 341 g/mol. The maximum Gasteiger partial charge on any atom is 0.338 e. The molecule has 2 aromatic carbocycles. The van der Waals surface area contributed by atoms with Crippen molar-refractivity contribution < 1.29 is 19.1 Å². The Bertz CT molecular complexity index is 743. The van der Waals surface area contributed by atoms with Crippen LogP contribution in [-0.2, 0) is 9.53 Å². The fourth-order valence-corrected chi connectivity index (χ4v) is 1.93. The van der Waals surface area contributed by atoms with Crippen LogP contribution >= 0.6 is 0 Å². The lowest BCUT2D eigenvalue weighted by Gasteiger charge is -2.12. The van der Waals surface area contributed by atoms with Crippen LogP contribution in [0.5, 0.6) is 0 Å². The quantitative estimate of drug-likeness (QED) is 0.633. The molecule has 0 aromatic heterocycles. The van der Waals surface area contributed by atoms with Gasteiger partial charge >= 0.3 is 5.97 Å². The van der Waals surface area contributed by atoms with Crippen LogP contribution in [0.15, 0.2) is 54.6 Å². The van der Waals surface area contributed by atoms with Gasteiger partial charge in [0.1, 0.15) is 0 Å². The van der Waals surface area contributed by atoms with Crippen LogP contribution in [0.3, 0.4) is 0 Å². The van der Waals surface area contributed by atoms with Crippen molar-refractivity contribution in [2.75, 3.05) is 25.6 Å². The number of carbonyl (C=O) groups excluding carboxylic acids is 3. The van der Waals surface area contributed by atoms with E-state index in [1.54, 1.807) is 54.6 Å². The third-order valence-corrected chi connectivity index (χ3v) is 3.31. The summed E-state index contributed by atoms with van der Waals surface area (Å²) in [5.74, 6) is -1.71. The van der Waals surface area contributed by atoms with Crippen LogP contribution in [0, 0.1) is 0 Å². The number of benzene rings is 2. The van der Waals surface area contributed by atoms with Crippen molar-refractivity contribution >= 4 is 23.5 Å². The number of hydrogen-bond acceptors (Lipinski definition) is 5. The van der Waals surface area contributed by atoms with Crippen LogP contribution in [0.25, 0.3) is 0 Å². The highest BCUT2D eigenvalue weighted by molar-refractivity contribution is 5.96. The molecule has 0 saturated carbocycles. The standard InChI is InChI=1S/C18H19N3O4/c1-21(2)15-10-8-14(9-11-15)18(24)25-12-16(22)19-20-17(23)13-6-4-3-5-7-13/h3-11H,12H2,1-2H3,(H,19,22)(H,20,23). The van der Waals surface area contributed by atoms with Gasteiger partial charge in [0.15, 0.2) is 6.61 Å². The minimum Gasteiger partial charge on any atom is -0.452 e. The Kier molecular flexibility index (Phi) is 6.11. The summed E-state index contributed by atoms with van der Waals surface area (Å²) in [5, 5.41) is 0. The van der Waals surface area contributed by atoms with E-state index in [2.05, 4.69) is 10.9 Å². The second-order valence-electron chi connectivity index (χ2n) is 5.39. The fourth-order valence-electron chi connectivity index (χ4n) is 1.93. The first-order chi connectivity index (χ1) is 12.0. The Labute approximate surface area is 145 Å². The number of esters is 1. The zero-order valence-corrected chi connectivity index (χ0v) is 14.0. The number of hydrazine groups is 1. The van der Waals surface area contributed by atoms with Gasteiger partial charge in [0.2, 0.25) is 0 Å². The summed E-state index contributed by atoms with van der Waals surface area (Å²) in [6.07, 6.45) is 0. The molecule has 0 radical (unpaired) electrons. The largest absolute Gasteiger partial charge is 0.452 e. The van der Waals surface area contributed by atoms with Crippen molar-refractivity contribution in [2.24, 2.45) is 0 Å². The number of nitrogens with zero attached hydrogens (tertiary/aromatic N) is 1. The summed E-state index contributed by atoms with van der Waals surface area (Å²) in [4.78, 5) is 37.2.